The van der Waals surface area contributed by atoms with Gasteiger partial charge in [-0.05, 0) is 36.2 Å². The average Bonchev–Trinajstić information content (AvgIpc) is 3.11. The van der Waals surface area contributed by atoms with Crippen molar-refractivity contribution in [3.63, 3.8) is 0 Å². The van der Waals surface area contributed by atoms with Crippen LogP contribution >= 0.6 is 11.6 Å². The lowest BCUT2D eigenvalue weighted by Crippen LogP contribution is -2.29. The van der Waals surface area contributed by atoms with Gasteiger partial charge in [0.05, 0.1) is 21.7 Å². The number of fused-ring (bicyclic) bond motifs is 1. The fourth-order valence-electron chi connectivity index (χ4n) is 2.95. The van der Waals surface area contributed by atoms with Crippen molar-refractivity contribution in [2.45, 2.75) is 6.42 Å². The molecular weight excluding hydrogens is 360 g/mol. The predicted octanol–water partition coefficient (Wildman–Crippen LogP) is 4.55. The lowest BCUT2D eigenvalue weighted by Gasteiger charge is -2.08. The molecule has 5 nitrogen and oxygen atoms in total. The summed E-state index contributed by atoms with van der Waals surface area (Å²) in [7, 11) is 0. The Balaban J connectivity index is 1.54. The topological polar surface area (TPSA) is 59.8 Å². The Morgan fingerprint density at radius 3 is 2.63 bits per heavy atom. The van der Waals surface area contributed by atoms with Gasteiger partial charge in [-0.1, -0.05) is 48.0 Å². The van der Waals surface area contributed by atoms with E-state index in [2.05, 4.69) is 15.3 Å². The van der Waals surface area contributed by atoms with Crippen molar-refractivity contribution in [3.8, 4) is 11.3 Å². The normalized spacial score (nSPS) is 10.9. The smallest absolute Gasteiger partial charge is 0.327 e. The number of amides is 1. The SMILES string of the molecule is O=C(NCCc1ccccc1)n1cnc2cc(-c3ccccn3)c(Cl)cc21. The first-order valence-electron chi connectivity index (χ1n) is 8.62. The molecule has 1 N–H and O–H groups in total. The highest BCUT2D eigenvalue weighted by Gasteiger charge is 2.14. The third kappa shape index (κ3) is 3.68. The molecule has 0 saturated carbocycles. The molecule has 0 aliphatic rings. The number of rotatable bonds is 4. The van der Waals surface area contributed by atoms with Crippen LogP contribution in [0, 0.1) is 0 Å². The molecule has 0 bridgehead atoms. The van der Waals surface area contributed by atoms with E-state index < -0.39 is 0 Å². The van der Waals surface area contributed by atoms with Crippen LogP contribution in [0.3, 0.4) is 0 Å². The second-order valence-electron chi connectivity index (χ2n) is 6.12. The number of carbonyl (C=O) groups excluding carboxylic acids is 1. The molecule has 2 aromatic carbocycles. The van der Waals surface area contributed by atoms with E-state index in [0.717, 1.165) is 17.7 Å². The molecule has 0 fully saturated rings. The van der Waals surface area contributed by atoms with E-state index in [1.807, 2.05) is 54.6 Å². The van der Waals surface area contributed by atoms with Crippen molar-refractivity contribution in [2.75, 3.05) is 6.54 Å². The van der Waals surface area contributed by atoms with Gasteiger partial charge in [-0.25, -0.2) is 9.78 Å². The maximum absolute atomic E-state index is 12.5. The number of hydrogen-bond acceptors (Lipinski definition) is 3. The quantitative estimate of drug-likeness (QED) is 0.568. The molecule has 0 unspecified atom stereocenters. The summed E-state index contributed by atoms with van der Waals surface area (Å²) >= 11 is 6.44. The fraction of sp³-hybridized carbons (Fsp3) is 0.0952. The van der Waals surface area contributed by atoms with Crippen LogP contribution < -0.4 is 5.32 Å². The number of aromatic nitrogens is 3. The van der Waals surface area contributed by atoms with Gasteiger partial charge in [-0.2, -0.15) is 0 Å². The zero-order valence-electron chi connectivity index (χ0n) is 14.5. The van der Waals surface area contributed by atoms with Crippen LogP contribution in [0.2, 0.25) is 5.02 Å². The third-order valence-corrected chi connectivity index (χ3v) is 4.64. The zero-order valence-corrected chi connectivity index (χ0v) is 15.2. The molecule has 2 aromatic heterocycles. The van der Waals surface area contributed by atoms with E-state index in [1.54, 1.807) is 12.3 Å². The number of pyridine rings is 1. The molecule has 4 rings (SSSR count). The number of nitrogens with zero attached hydrogens (tertiary/aromatic N) is 3. The number of halogens is 1. The molecule has 27 heavy (non-hydrogen) atoms. The molecule has 0 spiro atoms. The summed E-state index contributed by atoms with van der Waals surface area (Å²) in [5, 5.41) is 3.45. The summed E-state index contributed by atoms with van der Waals surface area (Å²) < 4.78 is 1.48. The summed E-state index contributed by atoms with van der Waals surface area (Å²) in [6, 6.07) is 19.1. The summed E-state index contributed by atoms with van der Waals surface area (Å²) in [5.41, 5.74) is 4.09. The van der Waals surface area contributed by atoms with Gasteiger partial charge in [0.1, 0.15) is 6.33 Å². The molecule has 0 radical (unpaired) electrons. The van der Waals surface area contributed by atoms with E-state index in [0.29, 0.717) is 22.6 Å². The van der Waals surface area contributed by atoms with Crippen LogP contribution in [-0.4, -0.2) is 27.1 Å². The Morgan fingerprint density at radius 1 is 1.04 bits per heavy atom. The Hall–Kier alpha value is -3.18. The molecular formula is C21H17ClN4O. The molecule has 0 saturated heterocycles. The maximum atomic E-state index is 12.5. The highest BCUT2D eigenvalue weighted by molar-refractivity contribution is 6.34. The zero-order chi connectivity index (χ0) is 18.6. The summed E-state index contributed by atoms with van der Waals surface area (Å²) in [6.07, 6.45) is 4.00. The Morgan fingerprint density at radius 2 is 1.85 bits per heavy atom. The summed E-state index contributed by atoms with van der Waals surface area (Å²) in [5.74, 6) is 0. The van der Waals surface area contributed by atoms with Crippen molar-refractivity contribution in [1.82, 2.24) is 19.9 Å². The van der Waals surface area contributed by atoms with Gasteiger partial charge in [-0.15, -0.1) is 0 Å². The van der Waals surface area contributed by atoms with Gasteiger partial charge >= 0.3 is 6.03 Å². The van der Waals surface area contributed by atoms with Gasteiger partial charge in [-0.3, -0.25) is 9.55 Å². The first kappa shape index (κ1) is 17.2. The first-order valence-corrected chi connectivity index (χ1v) is 9.00. The molecule has 0 aliphatic heterocycles. The van der Waals surface area contributed by atoms with Gasteiger partial charge in [0.15, 0.2) is 0 Å². The third-order valence-electron chi connectivity index (χ3n) is 4.33. The number of hydrogen-bond donors (Lipinski definition) is 1. The molecule has 6 heteroatoms. The van der Waals surface area contributed by atoms with Crippen LogP contribution in [0.25, 0.3) is 22.3 Å². The Kier molecular flexibility index (Phi) is 4.85. The number of nitrogens with one attached hydrogen (secondary N) is 1. The number of carbonyl (C=O) groups is 1. The van der Waals surface area contributed by atoms with E-state index in [1.165, 1.54) is 16.5 Å². The van der Waals surface area contributed by atoms with Crippen LogP contribution in [0.5, 0.6) is 0 Å². The van der Waals surface area contributed by atoms with Crippen molar-refractivity contribution >= 4 is 28.7 Å². The minimum Gasteiger partial charge on any atom is -0.337 e. The highest BCUT2D eigenvalue weighted by Crippen LogP contribution is 2.30. The first-order chi connectivity index (χ1) is 13.2. The highest BCUT2D eigenvalue weighted by atomic mass is 35.5. The Bertz CT molecular complexity index is 1080. The van der Waals surface area contributed by atoms with Crippen LogP contribution in [-0.2, 0) is 6.42 Å². The van der Waals surface area contributed by atoms with Crippen LogP contribution in [0.15, 0.2) is 73.2 Å². The van der Waals surface area contributed by atoms with Gasteiger partial charge in [0.2, 0.25) is 0 Å². The van der Waals surface area contributed by atoms with Crippen molar-refractivity contribution < 1.29 is 4.79 Å². The Labute approximate surface area is 161 Å². The van der Waals surface area contributed by atoms with Crippen LogP contribution in [0.4, 0.5) is 4.79 Å². The van der Waals surface area contributed by atoms with E-state index in [-0.39, 0.29) is 6.03 Å². The maximum Gasteiger partial charge on any atom is 0.327 e. The van der Waals surface area contributed by atoms with E-state index >= 15 is 0 Å². The minimum absolute atomic E-state index is 0.227. The molecule has 0 aliphatic carbocycles. The lowest BCUT2D eigenvalue weighted by atomic mass is 10.1. The predicted molar refractivity (Wildman–Crippen MR) is 107 cm³/mol. The standard InChI is InChI=1S/C21H17ClN4O/c22-17-13-20-19(12-16(17)18-8-4-5-10-23-18)25-14-26(20)21(27)24-11-9-15-6-2-1-3-7-15/h1-8,10,12-14H,9,11H2,(H,24,27). The summed E-state index contributed by atoms with van der Waals surface area (Å²) in [4.78, 5) is 21.2. The van der Waals surface area contributed by atoms with E-state index in [9.17, 15) is 4.79 Å². The number of imidazole rings is 1. The summed E-state index contributed by atoms with van der Waals surface area (Å²) in [6.45, 7) is 0.544. The van der Waals surface area contributed by atoms with Crippen molar-refractivity contribution in [1.29, 1.82) is 0 Å². The van der Waals surface area contributed by atoms with Gasteiger partial charge in [0, 0.05) is 18.3 Å². The average molecular weight is 377 g/mol. The number of benzene rings is 2. The molecule has 4 aromatic rings. The van der Waals surface area contributed by atoms with Crippen LogP contribution in [0.1, 0.15) is 5.56 Å². The van der Waals surface area contributed by atoms with Crippen molar-refractivity contribution in [2.24, 2.45) is 0 Å². The minimum atomic E-state index is -0.227. The van der Waals surface area contributed by atoms with Crippen molar-refractivity contribution in [3.05, 3.63) is 83.8 Å². The largest absolute Gasteiger partial charge is 0.337 e. The molecule has 1 amide bonds. The second-order valence-corrected chi connectivity index (χ2v) is 6.53. The van der Waals surface area contributed by atoms with Gasteiger partial charge < -0.3 is 5.32 Å². The van der Waals surface area contributed by atoms with Gasteiger partial charge in [0.25, 0.3) is 0 Å². The molecule has 2 heterocycles. The molecule has 134 valence electrons. The van der Waals surface area contributed by atoms with E-state index in [4.69, 9.17) is 11.6 Å². The lowest BCUT2D eigenvalue weighted by molar-refractivity contribution is 0.243. The monoisotopic (exact) mass is 376 g/mol. The molecule has 0 atom stereocenters. The second kappa shape index (κ2) is 7.60. The fourth-order valence-corrected chi connectivity index (χ4v) is 3.21.